The molecule has 0 radical (unpaired) electrons. The van der Waals surface area contributed by atoms with Crippen LogP contribution in [0.2, 0.25) is 0 Å². The Kier molecular flexibility index (Phi) is 4.42. The fourth-order valence-corrected chi connectivity index (χ4v) is 2.78. The van der Waals surface area contributed by atoms with E-state index in [1.54, 1.807) is 23.1 Å². The van der Waals surface area contributed by atoms with Crippen LogP contribution < -0.4 is 0 Å². The maximum Gasteiger partial charge on any atom is 0.338 e. The van der Waals surface area contributed by atoms with Crippen molar-refractivity contribution < 1.29 is 14.3 Å². The van der Waals surface area contributed by atoms with Gasteiger partial charge >= 0.3 is 5.97 Å². The number of carbonyl (C=O) groups is 2. The molecule has 0 bridgehead atoms. The third-order valence-corrected chi connectivity index (χ3v) is 4.06. The van der Waals surface area contributed by atoms with Crippen molar-refractivity contribution in [2.45, 2.75) is 19.9 Å². The number of fused-ring (bicyclic) bond motifs is 1. The predicted molar refractivity (Wildman–Crippen MR) is 87.0 cm³/mol. The van der Waals surface area contributed by atoms with Crippen LogP contribution >= 0.6 is 0 Å². The number of esters is 1. The summed E-state index contributed by atoms with van der Waals surface area (Å²) in [6.07, 6.45) is 0.841. The lowest BCUT2D eigenvalue weighted by Gasteiger charge is -2.28. The first-order valence-corrected chi connectivity index (χ1v) is 7.72. The monoisotopic (exact) mass is 309 g/mol. The van der Waals surface area contributed by atoms with Gasteiger partial charge in [0, 0.05) is 13.1 Å². The van der Waals surface area contributed by atoms with E-state index in [1.165, 1.54) is 5.56 Å². The molecule has 23 heavy (non-hydrogen) atoms. The molecule has 0 aromatic heterocycles. The van der Waals surface area contributed by atoms with Crippen LogP contribution in [-0.4, -0.2) is 29.9 Å². The summed E-state index contributed by atoms with van der Waals surface area (Å²) in [6, 6.07) is 15.3. The van der Waals surface area contributed by atoms with Gasteiger partial charge in [-0.3, -0.25) is 4.79 Å². The fraction of sp³-hybridized carbons (Fsp3) is 0.263. The Morgan fingerprint density at radius 2 is 1.87 bits per heavy atom. The third-order valence-electron chi connectivity index (χ3n) is 4.06. The third kappa shape index (κ3) is 3.59. The molecule has 0 saturated heterocycles. The number of hydrogen-bond donors (Lipinski definition) is 0. The van der Waals surface area contributed by atoms with Crippen LogP contribution in [0, 0.1) is 6.92 Å². The van der Waals surface area contributed by atoms with Gasteiger partial charge in [0.25, 0.3) is 5.91 Å². The Labute approximate surface area is 135 Å². The lowest BCUT2D eigenvalue weighted by atomic mass is 10.00. The molecule has 0 atom stereocenters. The zero-order chi connectivity index (χ0) is 16.2. The van der Waals surface area contributed by atoms with Crippen molar-refractivity contribution in [3.8, 4) is 0 Å². The van der Waals surface area contributed by atoms with E-state index in [9.17, 15) is 9.59 Å². The van der Waals surface area contributed by atoms with Crippen LogP contribution in [0.3, 0.4) is 0 Å². The van der Waals surface area contributed by atoms with Gasteiger partial charge in [-0.2, -0.15) is 0 Å². The van der Waals surface area contributed by atoms with Gasteiger partial charge in [-0.15, -0.1) is 0 Å². The minimum atomic E-state index is -0.459. The van der Waals surface area contributed by atoms with Crippen LogP contribution in [0.4, 0.5) is 0 Å². The van der Waals surface area contributed by atoms with Crippen LogP contribution in [0.1, 0.15) is 27.0 Å². The Hall–Kier alpha value is -2.62. The highest BCUT2D eigenvalue weighted by Crippen LogP contribution is 2.18. The number of ether oxygens (including phenoxy) is 1. The molecule has 0 unspecified atom stereocenters. The van der Waals surface area contributed by atoms with E-state index in [4.69, 9.17) is 4.74 Å². The molecule has 0 fully saturated rings. The largest absolute Gasteiger partial charge is 0.452 e. The highest BCUT2D eigenvalue weighted by atomic mass is 16.5. The van der Waals surface area contributed by atoms with Gasteiger partial charge in [0.05, 0.1) is 5.56 Å². The normalized spacial score (nSPS) is 13.3. The van der Waals surface area contributed by atoms with E-state index in [0.717, 1.165) is 17.5 Å². The topological polar surface area (TPSA) is 46.6 Å². The number of hydrogen-bond acceptors (Lipinski definition) is 3. The molecule has 1 aliphatic heterocycles. The smallest absolute Gasteiger partial charge is 0.338 e. The maximum absolute atomic E-state index is 12.3. The molecule has 118 valence electrons. The summed E-state index contributed by atoms with van der Waals surface area (Å²) in [6.45, 7) is 2.94. The van der Waals surface area contributed by atoms with Crippen molar-refractivity contribution in [3.05, 3.63) is 70.8 Å². The second kappa shape index (κ2) is 6.65. The minimum Gasteiger partial charge on any atom is -0.452 e. The number of nitrogens with zero attached hydrogens (tertiary/aromatic N) is 1. The van der Waals surface area contributed by atoms with Crippen LogP contribution in [0.15, 0.2) is 48.5 Å². The Morgan fingerprint density at radius 1 is 1.09 bits per heavy atom. The average Bonchev–Trinajstić information content (AvgIpc) is 2.59. The molecule has 1 heterocycles. The molecule has 0 saturated carbocycles. The van der Waals surface area contributed by atoms with Crippen LogP contribution in [0.25, 0.3) is 0 Å². The summed E-state index contributed by atoms with van der Waals surface area (Å²) in [5.41, 5.74) is 3.91. The van der Waals surface area contributed by atoms with E-state index in [1.807, 2.05) is 31.2 Å². The quantitative estimate of drug-likeness (QED) is 0.819. The number of aryl methyl sites for hydroxylation is 1. The maximum atomic E-state index is 12.3. The van der Waals surface area contributed by atoms with E-state index in [2.05, 4.69) is 6.07 Å². The van der Waals surface area contributed by atoms with Crippen molar-refractivity contribution in [2.24, 2.45) is 0 Å². The number of amides is 1. The van der Waals surface area contributed by atoms with Crippen LogP contribution in [0.5, 0.6) is 0 Å². The van der Waals surface area contributed by atoms with E-state index in [-0.39, 0.29) is 12.5 Å². The molecule has 3 rings (SSSR count). The van der Waals surface area contributed by atoms with Crippen molar-refractivity contribution >= 4 is 11.9 Å². The number of carbonyl (C=O) groups excluding carboxylic acids is 2. The van der Waals surface area contributed by atoms with E-state index >= 15 is 0 Å². The molecule has 1 aliphatic rings. The fourth-order valence-electron chi connectivity index (χ4n) is 2.78. The Bertz CT molecular complexity index is 739. The van der Waals surface area contributed by atoms with Gasteiger partial charge in [0.1, 0.15) is 0 Å². The molecule has 0 aliphatic carbocycles. The first-order chi connectivity index (χ1) is 11.1. The minimum absolute atomic E-state index is 0.152. The molecule has 0 spiro atoms. The summed E-state index contributed by atoms with van der Waals surface area (Å²) < 4.78 is 5.16. The van der Waals surface area contributed by atoms with Gasteiger partial charge in [0.15, 0.2) is 6.61 Å². The van der Waals surface area contributed by atoms with Gasteiger partial charge in [-0.1, -0.05) is 42.0 Å². The summed E-state index contributed by atoms with van der Waals surface area (Å²) >= 11 is 0. The summed E-state index contributed by atoms with van der Waals surface area (Å²) in [5.74, 6) is -0.611. The predicted octanol–water partition coefficient (Wildman–Crippen LogP) is 2.74. The standard InChI is InChI=1S/C19H19NO3/c1-14-5-4-8-16(11-14)19(22)23-13-18(21)20-10-9-15-6-2-3-7-17(15)12-20/h2-8,11H,9-10,12-13H2,1H3. The van der Waals surface area contributed by atoms with Crippen molar-refractivity contribution in [3.63, 3.8) is 0 Å². The molecule has 4 nitrogen and oxygen atoms in total. The van der Waals surface area contributed by atoms with Crippen molar-refractivity contribution in [2.75, 3.05) is 13.2 Å². The van der Waals surface area contributed by atoms with Crippen molar-refractivity contribution in [1.82, 2.24) is 4.90 Å². The molecular formula is C19H19NO3. The Morgan fingerprint density at radius 3 is 2.65 bits per heavy atom. The molecule has 4 heteroatoms. The zero-order valence-electron chi connectivity index (χ0n) is 13.1. The lowest BCUT2D eigenvalue weighted by molar-refractivity contribution is -0.135. The van der Waals surface area contributed by atoms with Crippen LogP contribution in [-0.2, 0) is 22.5 Å². The first kappa shape index (κ1) is 15.3. The zero-order valence-corrected chi connectivity index (χ0v) is 13.1. The summed E-state index contributed by atoms with van der Waals surface area (Å²) in [5, 5.41) is 0. The van der Waals surface area contributed by atoms with E-state index < -0.39 is 5.97 Å². The average molecular weight is 309 g/mol. The Balaban J connectivity index is 1.57. The number of benzene rings is 2. The van der Waals surface area contributed by atoms with Gasteiger partial charge in [-0.25, -0.2) is 4.79 Å². The second-order valence-corrected chi connectivity index (χ2v) is 5.78. The molecule has 1 amide bonds. The van der Waals surface area contributed by atoms with Crippen molar-refractivity contribution in [1.29, 1.82) is 0 Å². The summed E-state index contributed by atoms with van der Waals surface area (Å²) in [4.78, 5) is 26.0. The molecule has 2 aromatic carbocycles. The van der Waals surface area contributed by atoms with Gasteiger partial charge in [0.2, 0.25) is 0 Å². The highest BCUT2D eigenvalue weighted by molar-refractivity contribution is 5.91. The van der Waals surface area contributed by atoms with E-state index in [0.29, 0.717) is 18.7 Å². The van der Waals surface area contributed by atoms with Gasteiger partial charge in [-0.05, 0) is 36.6 Å². The first-order valence-electron chi connectivity index (χ1n) is 7.72. The second-order valence-electron chi connectivity index (χ2n) is 5.78. The summed E-state index contributed by atoms with van der Waals surface area (Å²) in [7, 11) is 0. The highest BCUT2D eigenvalue weighted by Gasteiger charge is 2.21. The SMILES string of the molecule is Cc1cccc(C(=O)OCC(=O)N2CCc3ccccc3C2)c1. The molecule has 0 N–H and O–H groups in total. The number of rotatable bonds is 3. The molecular weight excluding hydrogens is 290 g/mol. The lowest BCUT2D eigenvalue weighted by Crippen LogP contribution is -2.38. The van der Waals surface area contributed by atoms with Gasteiger partial charge < -0.3 is 9.64 Å². The molecule has 2 aromatic rings.